The van der Waals surface area contributed by atoms with Gasteiger partial charge in [0.05, 0.1) is 6.42 Å². The van der Waals surface area contributed by atoms with Crippen molar-refractivity contribution in [3.8, 4) is 0 Å². The van der Waals surface area contributed by atoms with Crippen molar-refractivity contribution in [3.63, 3.8) is 0 Å². The molecule has 7 heteroatoms. The number of Topliss-reactive ketones (excluding diaryl/α,β-unsaturated/α-hetero) is 1. The van der Waals surface area contributed by atoms with Crippen molar-refractivity contribution < 1.29 is 28.7 Å². The van der Waals surface area contributed by atoms with E-state index in [-0.39, 0.29) is 56.9 Å². The molecule has 8 rings (SSSR count). The summed E-state index contributed by atoms with van der Waals surface area (Å²) in [6.45, 7) is 25.6. The van der Waals surface area contributed by atoms with E-state index in [1.807, 2.05) is 0 Å². The molecule has 0 N–H and O–H groups in total. The van der Waals surface area contributed by atoms with Gasteiger partial charge in [0.1, 0.15) is 17.5 Å². The molecule has 0 spiro atoms. The van der Waals surface area contributed by atoms with Crippen LogP contribution in [0.5, 0.6) is 0 Å². The Morgan fingerprint density at radius 3 is 2.07 bits per heavy atom. The fourth-order valence-corrected chi connectivity index (χ4v) is 16.9. The Hall–Kier alpha value is -1.92. The first kappa shape index (κ1) is 41.8. The Kier molecular flexibility index (Phi) is 10.1. The topological polar surface area (TPSA) is 90.0 Å². The molecule has 0 bridgehead atoms. The molecule has 8 fully saturated rings. The molecular weight excluding hydrogens is 711 g/mol. The second-order valence-electron chi connectivity index (χ2n) is 24.5. The van der Waals surface area contributed by atoms with Gasteiger partial charge in [0, 0.05) is 36.3 Å². The van der Waals surface area contributed by atoms with Crippen LogP contribution < -0.4 is 0 Å². The predicted octanol–water partition coefficient (Wildman–Crippen LogP) is 10.8. The summed E-state index contributed by atoms with van der Waals surface area (Å²) in [4.78, 5) is 55.4. The highest BCUT2D eigenvalue weighted by atomic mass is 16.6. The van der Waals surface area contributed by atoms with Gasteiger partial charge >= 0.3 is 5.97 Å². The summed E-state index contributed by atoms with van der Waals surface area (Å²) < 4.78 is 11.5. The standard InChI is InChI=1S/C50H79NO6/c1-43(2,56-31-52)30-40(54)57-39-18-19-47(8)36(45(39,5)6)17-20-49(10)37(47)15-14-34-41-33(46(7)22-23-46)16-21-50(41,25-24-48(34,49)9)38(53)29-32-28-35(44(32,3)4)42(55)51-26-12-11-13-27-51/h31-37,39,41H,11-30H2,1-10H3/t32-,33+,34+,35+,36-,37+,39-,41+,47-,48+,49+,50+/m0/s1. The van der Waals surface area contributed by atoms with Gasteiger partial charge in [0.2, 0.25) is 5.91 Å². The molecule has 1 amide bonds. The molecule has 57 heavy (non-hydrogen) atoms. The lowest BCUT2D eigenvalue weighted by molar-refractivity contribution is -0.251. The molecule has 7 saturated carbocycles. The van der Waals surface area contributed by atoms with Crippen molar-refractivity contribution in [1.29, 1.82) is 0 Å². The zero-order chi connectivity index (χ0) is 41.2. The number of carbonyl (C=O) groups excluding carboxylic acids is 4. The molecule has 0 aromatic carbocycles. The maximum atomic E-state index is 15.3. The molecule has 7 aliphatic carbocycles. The number of nitrogens with zero attached hydrogens (tertiary/aromatic N) is 1. The van der Waals surface area contributed by atoms with Crippen LogP contribution in [0.2, 0.25) is 0 Å². The summed E-state index contributed by atoms with van der Waals surface area (Å²) >= 11 is 0. The van der Waals surface area contributed by atoms with Crippen molar-refractivity contribution in [1.82, 2.24) is 4.90 Å². The minimum Gasteiger partial charge on any atom is -0.462 e. The van der Waals surface area contributed by atoms with Gasteiger partial charge in [-0.15, -0.1) is 0 Å². The van der Waals surface area contributed by atoms with Gasteiger partial charge in [0.25, 0.3) is 6.47 Å². The van der Waals surface area contributed by atoms with E-state index in [0.29, 0.717) is 65.5 Å². The first-order chi connectivity index (χ1) is 26.6. The zero-order valence-electron chi connectivity index (χ0n) is 37.7. The van der Waals surface area contributed by atoms with Crippen LogP contribution in [-0.4, -0.2) is 53.8 Å². The van der Waals surface area contributed by atoms with Crippen molar-refractivity contribution >= 4 is 24.1 Å². The van der Waals surface area contributed by atoms with Crippen molar-refractivity contribution in [3.05, 3.63) is 0 Å². The summed E-state index contributed by atoms with van der Waals surface area (Å²) in [5.41, 5.74) is -0.420. The average molecular weight is 790 g/mol. The second kappa shape index (κ2) is 13.8. The highest BCUT2D eigenvalue weighted by Gasteiger charge is 2.73. The Balaban J connectivity index is 1.02. The average Bonchev–Trinajstić information content (AvgIpc) is 3.75. The number of ketones is 1. The maximum Gasteiger partial charge on any atom is 0.310 e. The quantitative estimate of drug-likeness (QED) is 0.162. The molecule has 0 aromatic heterocycles. The molecule has 1 heterocycles. The molecule has 320 valence electrons. The summed E-state index contributed by atoms with van der Waals surface area (Å²) in [5.74, 6) is 3.77. The van der Waals surface area contributed by atoms with Crippen LogP contribution in [-0.2, 0) is 28.7 Å². The normalized spacial score (nSPS) is 45.2. The monoisotopic (exact) mass is 790 g/mol. The lowest BCUT2D eigenvalue weighted by atomic mass is 9.32. The number of rotatable bonds is 10. The minimum atomic E-state index is -0.881. The van der Waals surface area contributed by atoms with Crippen LogP contribution in [0, 0.1) is 79.3 Å². The number of fused-ring (bicyclic) bond motifs is 7. The van der Waals surface area contributed by atoms with Crippen LogP contribution in [0.15, 0.2) is 0 Å². The Morgan fingerprint density at radius 1 is 0.719 bits per heavy atom. The summed E-state index contributed by atoms with van der Waals surface area (Å²) in [6, 6.07) is 0. The lowest BCUT2D eigenvalue weighted by Gasteiger charge is -2.73. The largest absolute Gasteiger partial charge is 0.462 e. The molecule has 8 aliphatic rings. The number of likely N-dealkylation sites (tertiary alicyclic amines) is 1. The van der Waals surface area contributed by atoms with E-state index in [1.54, 1.807) is 13.8 Å². The highest BCUT2D eigenvalue weighted by Crippen LogP contribution is 2.79. The van der Waals surface area contributed by atoms with Crippen molar-refractivity contribution in [2.45, 2.75) is 197 Å². The fourth-order valence-electron chi connectivity index (χ4n) is 16.9. The Labute approximate surface area is 345 Å². The summed E-state index contributed by atoms with van der Waals surface area (Å²) in [6.07, 6.45) is 18.9. The van der Waals surface area contributed by atoms with E-state index in [4.69, 9.17) is 9.47 Å². The van der Waals surface area contributed by atoms with Crippen LogP contribution in [0.1, 0.15) is 185 Å². The third kappa shape index (κ3) is 6.26. The number of hydrogen-bond donors (Lipinski definition) is 0. The van der Waals surface area contributed by atoms with Crippen molar-refractivity contribution in [2.75, 3.05) is 13.1 Å². The zero-order valence-corrected chi connectivity index (χ0v) is 37.7. The van der Waals surface area contributed by atoms with E-state index in [0.717, 1.165) is 70.9 Å². The van der Waals surface area contributed by atoms with Gasteiger partial charge in [-0.2, -0.15) is 0 Å². The van der Waals surface area contributed by atoms with Crippen LogP contribution in [0.25, 0.3) is 0 Å². The van der Waals surface area contributed by atoms with E-state index in [2.05, 4.69) is 60.3 Å². The number of hydrogen-bond acceptors (Lipinski definition) is 6. The minimum absolute atomic E-state index is 0.0588. The summed E-state index contributed by atoms with van der Waals surface area (Å²) in [5, 5.41) is 0. The number of piperidine rings is 1. The molecule has 0 aromatic rings. The van der Waals surface area contributed by atoms with Gasteiger partial charge in [-0.1, -0.05) is 55.4 Å². The van der Waals surface area contributed by atoms with E-state index in [9.17, 15) is 14.4 Å². The molecule has 12 atom stereocenters. The second-order valence-corrected chi connectivity index (χ2v) is 24.5. The van der Waals surface area contributed by atoms with Gasteiger partial charge < -0.3 is 14.4 Å². The number of ether oxygens (including phenoxy) is 2. The van der Waals surface area contributed by atoms with Crippen LogP contribution in [0.3, 0.4) is 0 Å². The maximum absolute atomic E-state index is 15.3. The Morgan fingerprint density at radius 2 is 1.42 bits per heavy atom. The van der Waals surface area contributed by atoms with Crippen LogP contribution in [0.4, 0.5) is 0 Å². The third-order valence-electron chi connectivity index (χ3n) is 20.9. The van der Waals surface area contributed by atoms with Crippen LogP contribution >= 0.6 is 0 Å². The molecule has 0 unspecified atom stereocenters. The first-order valence-electron chi connectivity index (χ1n) is 23.7. The molecule has 1 aliphatic heterocycles. The third-order valence-corrected chi connectivity index (χ3v) is 20.9. The fraction of sp³-hybridized carbons (Fsp3) is 0.920. The molecule has 1 saturated heterocycles. The smallest absolute Gasteiger partial charge is 0.310 e. The number of esters is 1. The van der Waals surface area contributed by atoms with E-state index in [1.165, 1.54) is 44.9 Å². The SMILES string of the molecule is CC(C)(CC(=O)O[C@H]1CC[C@]2(C)[C@H]3CC[C@@H]4[C@H]5[C@H](C6(C)CC6)CC[C@]5(C(=O)C[C@@H]5C[C@H](C(=O)N6CCCCC6)C5(C)C)CC[C@@]4(C)[C@]3(C)CC[C@H]2C1(C)C)OC=O. The molecule has 7 nitrogen and oxygen atoms in total. The van der Waals surface area contributed by atoms with Gasteiger partial charge in [-0.3, -0.25) is 19.2 Å². The van der Waals surface area contributed by atoms with E-state index < -0.39 is 5.60 Å². The molecular formula is C50H79NO6. The first-order valence-corrected chi connectivity index (χ1v) is 23.7. The van der Waals surface area contributed by atoms with Gasteiger partial charge in [0.15, 0.2) is 0 Å². The van der Waals surface area contributed by atoms with Gasteiger partial charge in [-0.05, 0) is 179 Å². The van der Waals surface area contributed by atoms with Crippen molar-refractivity contribution in [2.24, 2.45) is 79.3 Å². The highest BCUT2D eigenvalue weighted by molar-refractivity contribution is 5.87. The molecule has 0 radical (unpaired) electrons. The van der Waals surface area contributed by atoms with Gasteiger partial charge in [-0.25, -0.2) is 0 Å². The number of amides is 1. The Bertz CT molecular complexity index is 1620. The lowest BCUT2D eigenvalue weighted by Crippen LogP contribution is -2.67. The predicted molar refractivity (Wildman–Crippen MR) is 223 cm³/mol. The van der Waals surface area contributed by atoms with E-state index >= 15 is 4.79 Å². The number of carbonyl (C=O) groups is 4. The summed E-state index contributed by atoms with van der Waals surface area (Å²) in [7, 11) is 0.